The molecule has 0 aliphatic heterocycles. The molecule has 0 aliphatic rings. The molecule has 0 fully saturated rings. The Kier molecular flexibility index (Phi) is 5.87. The van der Waals surface area contributed by atoms with E-state index < -0.39 is 0 Å². The number of amides is 1. The van der Waals surface area contributed by atoms with E-state index in [-0.39, 0.29) is 11.8 Å². The Bertz CT molecular complexity index is 448. The van der Waals surface area contributed by atoms with E-state index in [1.165, 1.54) is 0 Å². The molecule has 4 nitrogen and oxygen atoms in total. The van der Waals surface area contributed by atoms with Crippen LogP contribution in [0.4, 0.5) is 0 Å². The standard InChI is InChI=1S/C15H20N2O2/c1-12(10-16)11-17(2)15(18)9-6-13-4-7-14(19-3)8-5-13/h4-5,7-8,12H,6,9,11H2,1-3H3. The molecule has 0 bridgehead atoms. The normalized spacial score (nSPS) is 11.5. The zero-order valence-corrected chi connectivity index (χ0v) is 11.7. The number of rotatable bonds is 6. The largest absolute Gasteiger partial charge is 0.497 e. The van der Waals surface area contributed by atoms with Crippen molar-refractivity contribution in [2.75, 3.05) is 20.7 Å². The van der Waals surface area contributed by atoms with Crippen molar-refractivity contribution in [2.24, 2.45) is 5.92 Å². The van der Waals surface area contributed by atoms with Gasteiger partial charge in [-0.15, -0.1) is 0 Å². The number of nitriles is 1. The predicted molar refractivity (Wildman–Crippen MR) is 73.7 cm³/mol. The Morgan fingerprint density at radius 2 is 2.05 bits per heavy atom. The lowest BCUT2D eigenvalue weighted by atomic mass is 10.1. The van der Waals surface area contributed by atoms with Crippen molar-refractivity contribution in [3.63, 3.8) is 0 Å². The molecule has 0 N–H and O–H groups in total. The molecule has 0 saturated carbocycles. The lowest BCUT2D eigenvalue weighted by Crippen LogP contribution is -2.30. The molecule has 1 atom stereocenters. The monoisotopic (exact) mass is 260 g/mol. The van der Waals surface area contributed by atoms with Crippen molar-refractivity contribution in [2.45, 2.75) is 19.8 Å². The quantitative estimate of drug-likeness (QED) is 0.788. The summed E-state index contributed by atoms with van der Waals surface area (Å²) >= 11 is 0. The van der Waals surface area contributed by atoms with E-state index >= 15 is 0 Å². The third kappa shape index (κ3) is 5.01. The maximum absolute atomic E-state index is 11.9. The number of nitrogens with zero attached hydrogens (tertiary/aromatic N) is 2. The van der Waals surface area contributed by atoms with Crippen LogP contribution >= 0.6 is 0 Å². The number of carbonyl (C=O) groups is 1. The van der Waals surface area contributed by atoms with Gasteiger partial charge in [0.05, 0.1) is 19.1 Å². The second-order valence-corrected chi connectivity index (χ2v) is 4.65. The van der Waals surface area contributed by atoms with Crippen LogP contribution in [0, 0.1) is 17.2 Å². The third-order valence-electron chi connectivity index (χ3n) is 2.98. The predicted octanol–water partition coefficient (Wildman–Crippen LogP) is 2.25. The fraction of sp³-hybridized carbons (Fsp3) is 0.467. The van der Waals surface area contributed by atoms with Gasteiger partial charge in [-0.1, -0.05) is 12.1 Å². The van der Waals surface area contributed by atoms with Crippen LogP contribution in [0.3, 0.4) is 0 Å². The van der Waals surface area contributed by atoms with Gasteiger partial charge in [-0.05, 0) is 31.0 Å². The van der Waals surface area contributed by atoms with Crippen LogP contribution in [0.1, 0.15) is 18.9 Å². The highest BCUT2D eigenvalue weighted by atomic mass is 16.5. The number of benzene rings is 1. The third-order valence-corrected chi connectivity index (χ3v) is 2.98. The van der Waals surface area contributed by atoms with Crippen LogP contribution in [-0.2, 0) is 11.2 Å². The summed E-state index contributed by atoms with van der Waals surface area (Å²) in [7, 11) is 3.37. The molecule has 1 unspecified atom stereocenters. The first kappa shape index (κ1) is 15.0. The first-order chi connectivity index (χ1) is 9.06. The summed E-state index contributed by atoms with van der Waals surface area (Å²) in [4.78, 5) is 13.5. The molecule has 1 amide bonds. The van der Waals surface area contributed by atoms with Crippen LogP contribution in [0.15, 0.2) is 24.3 Å². The molecule has 1 rings (SSSR count). The molecule has 19 heavy (non-hydrogen) atoms. The minimum atomic E-state index is -0.130. The van der Waals surface area contributed by atoms with Gasteiger partial charge in [-0.2, -0.15) is 5.26 Å². The lowest BCUT2D eigenvalue weighted by molar-refractivity contribution is -0.130. The zero-order chi connectivity index (χ0) is 14.3. The van der Waals surface area contributed by atoms with E-state index in [0.29, 0.717) is 19.4 Å². The van der Waals surface area contributed by atoms with Gasteiger partial charge < -0.3 is 9.64 Å². The Balaban J connectivity index is 2.43. The SMILES string of the molecule is COc1ccc(CCC(=O)N(C)CC(C)C#N)cc1. The molecule has 0 aromatic heterocycles. The summed E-state index contributed by atoms with van der Waals surface area (Å²) in [5.74, 6) is 0.753. The van der Waals surface area contributed by atoms with Crippen molar-refractivity contribution in [3.05, 3.63) is 29.8 Å². The summed E-state index contributed by atoms with van der Waals surface area (Å²) in [5, 5.41) is 8.72. The van der Waals surface area contributed by atoms with E-state index in [4.69, 9.17) is 10.00 Å². The van der Waals surface area contributed by atoms with Crippen LogP contribution < -0.4 is 4.74 Å². The number of ether oxygens (including phenoxy) is 1. The van der Waals surface area contributed by atoms with Gasteiger partial charge in [-0.3, -0.25) is 4.79 Å². The second-order valence-electron chi connectivity index (χ2n) is 4.65. The molecule has 0 radical (unpaired) electrons. The minimum Gasteiger partial charge on any atom is -0.497 e. The smallest absolute Gasteiger partial charge is 0.222 e. The Morgan fingerprint density at radius 3 is 2.58 bits per heavy atom. The Morgan fingerprint density at radius 1 is 1.42 bits per heavy atom. The fourth-order valence-electron chi connectivity index (χ4n) is 1.79. The van der Waals surface area contributed by atoms with E-state index in [1.54, 1.807) is 19.1 Å². The molecule has 0 heterocycles. The lowest BCUT2D eigenvalue weighted by Gasteiger charge is -2.18. The molecule has 1 aromatic rings. The second kappa shape index (κ2) is 7.42. The molecule has 4 heteroatoms. The van der Waals surface area contributed by atoms with Gasteiger partial charge in [0.15, 0.2) is 0 Å². The van der Waals surface area contributed by atoms with Gasteiger partial charge in [0.1, 0.15) is 5.75 Å². The summed E-state index contributed by atoms with van der Waals surface area (Å²) in [6.45, 7) is 2.30. The molecular weight excluding hydrogens is 240 g/mol. The van der Waals surface area contributed by atoms with Gasteiger partial charge in [0, 0.05) is 20.0 Å². The summed E-state index contributed by atoms with van der Waals surface area (Å²) in [6, 6.07) is 9.83. The van der Waals surface area contributed by atoms with Crippen LogP contribution in [0.2, 0.25) is 0 Å². The first-order valence-corrected chi connectivity index (χ1v) is 6.33. The summed E-state index contributed by atoms with van der Waals surface area (Å²) < 4.78 is 5.08. The van der Waals surface area contributed by atoms with Crippen LogP contribution in [-0.4, -0.2) is 31.5 Å². The molecule has 1 aromatic carbocycles. The van der Waals surface area contributed by atoms with E-state index in [2.05, 4.69) is 6.07 Å². The number of carbonyl (C=O) groups excluding carboxylic acids is 1. The number of methoxy groups -OCH3 is 1. The average molecular weight is 260 g/mol. The summed E-state index contributed by atoms with van der Waals surface area (Å²) in [5.41, 5.74) is 1.11. The van der Waals surface area contributed by atoms with E-state index in [1.807, 2.05) is 31.2 Å². The minimum absolute atomic E-state index is 0.0675. The van der Waals surface area contributed by atoms with Gasteiger partial charge in [0.2, 0.25) is 5.91 Å². The van der Waals surface area contributed by atoms with Gasteiger partial charge >= 0.3 is 0 Å². The van der Waals surface area contributed by atoms with Gasteiger partial charge in [-0.25, -0.2) is 0 Å². The highest BCUT2D eigenvalue weighted by Gasteiger charge is 2.11. The highest BCUT2D eigenvalue weighted by molar-refractivity contribution is 5.76. The molecule has 0 spiro atoms. The number of aryl methyl sites for hydroxylation is 1. The van der Waals surface area contributed by atoms with Crippen molar-refractivity contribution in [1.82, 2.24) is 4.90 Å². The topological polar surface area (TPSA) is 53.3 Å². The Hall–Kier alpha value is -2.02. The maximum Gasteiger partial charge on any atom is 0.222 e. The van der Waals surface area contributed by atoms with Crippen LogP contribution in [0.5, 0.6) is 5.75 Å². The molecule has 0 saturated heterocycles. The van der Waals surface area contributed by atoms with Crippen molar-refractivity contribution >= 4 is 5.91 Å². The van der Waals surface area contributed by atoms with E-state index in [0.717, 1.165) is 11.3 Å². The maximum atomic E-state index is 11.9. The Labute approximate surface area is 114 Å². The summed E-state index contributed by atoms with van der Waals surface area (Å²) in [6.07, 6.45) is 1.16. The number of hydrogen-bond acceptors (Lipinski definition) is 3. The van der Waals surface area contributed by atoms with Gasteiger partial charge in [0.25, 0.3) is 0 Å². The first-order valence-electron chi connectivity index (χ1n) is 6.33. The molecular formula is C15H20N2O2. The number of hydrogen-bond donors (Lipinski definition) is 0. The van der Waals surface area contributed by atoms with Crippen molar-refractivity contribution in [3.8, 4) is 11.8 Å². The molecule has 102 valence electrons. The zero-order valence-electron chi connectivity index (χ0n) is 11.7. The average Bonchev–Trinajstić information content (AvgIpc) is 2.44. The van der Waals surface area contributed by atoms with Crippen molar-refractivity contribution in [1.29, 1.82) is 5.26 Å². The molecule has 0 aliphatic carbocycles. The van der Waals surface area contributed by atoms with Crippen molar-refractivity contribution < 1.29 is 9.53 Å². The van der Waals surface area contributed by atoms with E-state index in [9.17, 15) is 4.79 Å². The van der Waals surface area contributed by atoms with Crippen LogP contribution in [0.25, 0.3) is 0 Å². The fourth-order valence-corrected chi connectivity index (χ4v) is 1.79. The highest BCUT2D eigenvalue weighted by Crippen LogP contribution is 2.13.